The molecule has 18 heteroatoms. The maximum atomic E-state index is 16.7. The van der Waals surface area contributed by atoms with Crippen LogP contribution in [0.5, 0.6) is 0 Å². The van der Waals surface area contributed by atoms with E-state index in [9.17, 15) is 31.5 Å². The Morgan fingerprint density at radius 3 is 2.15 bits per heavy atom. The third-order valence-corrected chi connectivity index (χ3v) is 14.1. The van der Waals surface area contributed by atoms with Crippen LogP contribution in [0, 0.1) is 18.6 Å². The van der Waals surface area contributed by atoms with Gasteiger partial charge in [0.05, 0.1) is 28.2 Å². The minimum atomic E-state index is -5.66. The number of carbonyl (C=O) groups is 1. The molecule has 9 nitrogen and oxygen atoms in total. The van der Waals surface area contributed by atoms with E-state index in [2.05, 4.69) is 14.9 Å². The van der Waals surface area contributed by atoms with Crippen molar-refractivity contribution in [1.29, 1.82) is 0 Å². The van der Waals surface area contributed by atoms with Gasteiger partial charge >= 0.3 is 11.5 Å². The standard InChI is InChI=1S/C44H39ClF5N5O4S3/c1-27-38(43(56)57)40(42(53(27)2)28-8-10-29(45)11-9-28)39-34(46)17-19-36(41(39)47)55-23-21-54(22-24-55)31-14-12-30(13-15-31)52-61-33-16-18-35(37(26-33)62(58,59)44(48,49)50)51-20-25-60-32-6-4-3-5-7-32/h3-19,26,51-52H,20-25H2,1-2H3,(H,56,57). The number of piperazine rings is 1. The lowest BCUT2D eigenvalue weighted by atomic mass is 9.95. The second-order valence-electron chi connectivity index (χ2n) is 14.2. The van der Waals surface area contributed by atoms with Gasteiger partial charge < -0.3 is 29.5 Å². The van der Waals surface area contributed by atoms with Crippen LogP contribution in [0.4, 0.5) is 44.7 Å². The summed E-state index contributed by atoms with van der Waals surface area (Å²) in [6, 6.07) is 29.6. The molecule has 1 aliphatic heterocycles. The predicted octanol–water partition coefficient (Wildman–Crippen LogP) is 11.2. The average molecular weight is 928 g/mol. The Balaban J connectivity index is 1.02. The summed E-state index contributed by atoms with van der Waals surface area (Å²) in [5.41, 5.74) is -3.55. The van der Waals surface area contributed by atoms with Crippen LogP contribution in [0.15, 0.2) is 124 Å². The highest BCUT2D eigenvalue weighted by atomic mass is 35.5. The van der Waals surface area contributed by atoms with Gasteiger partial charge in [-0.3, -0.25) is 0 Å². The van der Waals surface area contributed by atoms with E-state index in [1.54, 1.807) is 59.8 Å². The Morgan fingerprint density at radius 1 is 0.839 bits per heavy atom. The smallest absolute Gasteiger partial charge is 0.478 e. The SMILES string of the molecule is Cc1c(C(=O)O)c(-c2c(F)ccc(N3CCN(c4ccc(NSc5ccc(NCCSc6ccccc6)c(S(=O)(=O)C(F)(F)F)c5)cc4)CC3)c2F)c(-c2ccc(Cl)cc2)n1C. The highest BCUT2D eigenvalue weighted by molar-refractivity contribution is 8.00. The van der Waals surface area contributed by atoms with Crippen molar-refractivity contribution in [2.75, 3.05) is 58.3 Å². The van der Waals surface area contributed by atoms with Crippen molar-refractivity contribution in [3.8, 4) is 22.4 Å². The maximum absolute atomic E-state index is 16.7. The molecule has 324 valence electrons. The van der Waals surface area contributed by atoms with Gasteiger partial charge in [-0.05, 0) is 103 Å². The van der Waals surface area contributed by atoms with Crippen LogP contribution in [0.1, 0.15) is 16.1 Å². The molecule has 0 amide bonds. The van der Waals surface area contributed by atoms with E-state index in [-0.39, 0.29) is 33.9 Å². The van der Waals surface area contributed by atoms with Crippen LogP contribution in [-0.4, -0.2) is 68.0 Å². The molecule has 6 aromatic rings. The molecule has 0 saturated carbocycles. The normalized spacial score (nSPS) is 13.4. The molecule has 0 bridgehead atoms. The topological polar surface area (TPSA) is 107 Å². The molecule has 0 radical (unpaired) electrons. The number of carboxylic acids is 1. The lowest BCUT2D eigenvalue weighted by Gasteiger charge is -2.37. The molecule has 2 heterocycles. The molecule has 5 aromatic carbocycles. The van der Waals surface area contributed by atoms with Crippen molar-refractivity contribution >= 4 is 73.9 Å². The van der Waals surface area contributed by atoms with Gasteiger partial charge in [0.25, 0.3) is 9.84 Å². The van der Waals surface area contributed by atoms with E-state index in [1.165, 1.54) is 30.0 Å². The van der Waals surface area contributed by atoms with Crippen LogP contribution >= 0.6 is 35.3 Å². The molecule has 3 N–H and O–H groups in total. The lowest BCUT2D eigenvalue weighted by molar-refractivity contribution is -0.0435. The molecule has 7 rings (SSSR count). The van der Waals surface area contributed by atoms with Crippen LogP contribution in [-0.2, 0) is 16.9 Å². The first-order chi connectivity index (χ1) is 29.5. The molecule has 1 aliphatic rings. The minimum absolute atomic E-state index is 0.0626. The first kappa shape index (κ1) is 44.7. The Labute approximate surface area is 368 Å². The van der Waals surface area contributed by atoms with Gasteiger partial charge in [0.2, 0.25) is 0 Å². The number of hydrogen-bond acceptors (Lipinski definition) is 9. The Kier molecular flexibility index (Phi) is 13.4. The third kappa shape index (κ3) is 9.35. The summed E-state index contributed by atoms with van der Waals surface area (Å²) < 4.78 is 103. The molecule has 1 aromatic heterocycles. The van der Waals surface area contributed by atoms with Gasteiger partial charge in [0.15, 0.2) is 5.82 Å². The van der Waals surface area contributed by atoms with Gasteiger partial charge in [0, 0.05) is 83.0 Å². The van der Waals surface area contributed by atoms with Crippen molar-refractivity contribution in [3.63, 3.8) is 0 Å². The summed E-state index contributed by atoms with van der Waals surface area (Å²) in [5, 5.41) is 13.5. The van der Waals surface area contributed by atoms with Gasteiger partial charge in [-0.25, -0.2) is 22.0 Å². The molecule has 0 unspecified atom stereocenters. The number of nitrogens with zero attached hydrogens (tertiary/aromatic N) is 3. The molecule has 0 spiro atoms. The largest absolute Gasteiger partial charge is 0.501 e. The summed E-state index contributed by atoms with van der Waals surface area (Å²) in [5.74, 6) is -2.60. The number of benzene rings is 5. The highest BCUT2D eigenvalue weighted by Gasteiger charge is 2.48. The number of carboxylic acid groups (broad SMARTS) is 1. The van der Waals surface area contributed by atoms with Gasteiger partial charge in [-0.2, -0.15) is 13.2 Å². The zero-order valence-corrected chi connectivity index (χ0v) is 36.3. The number of rotatable bonds is 14. The molecule has 0 atom stereocenters. The van der Waals surface area contributed by atoms with E-state index in [0.717, 1.165) is 34.7 Å². The zero-order chi connectivity index (χ0) is 44.3. The summed E-state index contributed by atoms with van der Waals surface area (Å²) in [6.45, 7) is 3.48. The first-order valence-electron chi connectivity index (χ1n) is 19.1. The van der Waals surface area contributed by atoms with Crippen molar-refractivity contribution in [2.45, 2.75) is 27.1 Å². The Hall–Kier alpha value is -5.36. The summed E-state index contributed by atoms with van der Waals surface area (Å²) in [6.07, 6.45) is 0. The molecule has 0 aliphatic carbocycles. The lowest BCUT2D eigenvalue weighted by Crippen LogP contribution is -2.46. The van der Waals surface area contributed by atoms with Crippen molar-refractivity contribution in [3.05, 3.63) is 137 Å². The van der Waals surface area contributed by atoms with Crippen LogP contribution in [0.2, 0.25) is 5.02 Å². The molecule has 1 saturated heterocycles. The van der Waals surface area contributed by atoms with E-state index in [1.807, 2.05) is 42.5 Å². The van der Waals surface area contributed by atoms with E-state index < -0.39 is 43.4 Å². The summed E-state index contributed by atoms with van der Waals surface area (Å²) in [4.78, 5) is 16.8. The number of sulfone groups is 1. The fraction of sp³-hybridized carbons (Fsp3) is 0.205. The molecular formula is C44H39ClF5N5O4S3. The number of nitrogens with one attached hydrogen (secondary N) is 2. The molecule has 62 heavy (non-hydrogen) atoms. The second kappa shape index (κ2) is 18.5. The Bertz CT molecular complexity index is 2700. The van der Waals surface area contributed by atoms with Crippen molar-refractivity contribution < 1.29 is 40.3 Å². The molecule has 1 fully saturated rings. The predicted molar refractivity (Wildman–Crippen MR) is 239 cm³/mol. The monoisotopic (exact) mass is 927 g/mol. The number of aromatic nitrogens is 1. The number of alkyl halides is 3. The van der Waals surface area contributed by atoms with Gasteiger partial charge in [-0.1, -0.05) is 41.9 Å². The number of halogens is 6. The van der Waals surface area contributed by atoms with Crippen LogP contribution in [0.25, 0.3) is 22.4 Å². The van der Waals surface area contributed by atoms with Gasteiger partial charge in [-0.15, -0.1) is 11.8 Å². The fourth-order valence-electron chi connectivity index (χ4n) is 7.26. The van der Waals surface area contributed by atoms with E-state index >= 15 is 8.78 Å². The highest BCUT2D eigenvalue weighted by Crippen LogP contribution is 2.44. The van der Waals surface area contributed by atoms with Gasteiger partial charge in [0.1, 0.15) is 10.7 Å². The maximum Gasteiger partial charge on any atom is 0.501 e. The number of aromatic carboxylic acids is 1. The number of anilines is 4. The van der Waals surface area contributed by atoms with Crippen LogP contribution in [0.3, 0.4) is 0 Å². The fourth-order valence-corrected chi connectivity index (χ4v) is 9.90. The van der Waals surface area contributed by atoms with Crippen molar-refractivity contribution in [2.24, 2.45) is 7.05 Å². The zero-order valence-electron chi connectivity index (χ0n) is 33.1. The average Bonchev–Trinajstić information content (AvgIpc) is 3.51. The van der Waals surface area contributed by atoms with Crippen molar-refractivity contribution in [1.82, 2.24) is 4.57 Å². The quantitative estimate of drug-likeness (QED) is 0.0423. The second-order valence-corrected chi connectivity index (χ2v) is 18.6. The molecular weight excluding hydrogens is 889 g/mol. The minimum Gasteiger partial charge on any atom is -0.478 e. The number of hydrogen-bond donors (Lipinski definition) is 3. The van der Waals surface area contributed by atoms with E-state index in [0.29, 0.717) is 59.6 Å². The Morgan fingerprint density at radius 2 is 1.50 bits per heavy atom. The van der Waals surface area contributed by atoms with E-state index in [4.69, 9.17) is 11.6 Å². The number of thioether (sulfide) groups is 1. The van der Waals surface area contributed by atoms with Crippen LogP contribution < -0.4 is 19.8 Å². The third-order valence-electron chi connectivity index (χ3n) is 10.5. The first-order valence-corrected chi connectivity index (χ1v) is 22.8. The summed E-state index contributed by atoms with van der Waals surface area (Å²) >= 11 is 8.55. The summed E-state index contributed by atoms with van der Waals surface area (Å²) in [7, 11) is -4.02.